The van der Waals surface area contributed by atoms with Crippen molar-refractivity contribution in [1.29, 1.82) is 0 Å². The molecule has 3 aromatic rings. The largest absolute Gasteiger partial charge is 0.467 e. The number of urea groups is 1. The first-order valence-corrected chi connectivity index (χ1v) is 8.23. The number of carbonyl (C=O) groups is 3. The zero-order valence-electron chi connectivity index (χ0n) is 14.6. The highest BCUT2D eigenvalue weighted by atomic mass is 16.5. The van der Waals surface area contributed by atoms with Crippen LogP contribution in [-0.4, -0.2) is 24.5 Å². The lowest BCUT2D eigenvalue weighted by molar-refractivity contribution is -0.147. The Morgan fingerprint density at radius 3 is 2.78 bits per heavy atom. The number of amides is 3. The highest BCUT2D eigenvalue weighted by molar-refractivity contribution is 5.95. The van der Waals surface area contributed by atoms with E-state index >= 15 is 0 Å². The first-order chi connectivity index (χ1) is 13.0. The zero-order valence-corrected chi connectivity index (χ0v) is 14.6. The first kappa shape index (κ1) is 18.2. The van der Waals surface area contributed by atoms with Gasteiger partial charge in [-0.3, -0.25) is 14.9 Å². The van der Waals surface area contributed by atoms with Crippen LogP contribution in [0.3, 0.4) is 0 Å². The molecule has 0 fully saturated rings. The molecule has 2 N–H and O–H groups in total. The third-order valence-corrected chi connectivity index (χ3v) is 3.77. The molecule has 0 spiro atoms. The second-order valence-corrected chi connectivity index (χ2v) is 5.91. The number of carbonyl (C=O) groups excluding carboxylic acids is 3. The van der Waals surface area contributed by atoms with Gasteiger partial charge in [-0.1, -0.05) is 12.1 Å². The van der Waals surface area contributed by atoms with E-state index in [0.717, 1.165) is 10.9 Å². The maximum Gasteiger partial charge on any atom is 0.321 e. The minimum atomic E-state index is -0.729. The van der Waals surface area contributed by atoms with Crippen molar-refractivity contribution in [3.8, 4) is 0 Å². The van der Waals surface area contributed by atoms with E-state index in [-0.39, 0.29) is 13.0 Å². The number of rotatable bonds is 6. The Bertz CT molecular complexity index is 958. The summed E-state index contributed by atoms with van der Waals surface area (Å²) in [4.78, 5) is 35.2. The van der Waals surface area contributed by atoms with Gasteiger partial charge in [0, 0.05) is 10.9 Å². The van der Waals surface area contributed by atoms with E-state index in [0.29, 0.717) is 16.9 Å². The van der Waals surface area contributed by atoms with E-state index in [2.05, 4.69) is 10.6 Å². The summed E-state index contributed by atoms with van der Waals surface area (Å²) < 4.78 is 15.4. The molecule has 27 heavy (non-hydrogen) atoms. The molecule has 0 saturated heterocycles. The molecule has 2 heterocycles. The number of furan rings is 2. The Balaban J connectivity index is 1.42. The first-order valence-electron chi connectivity index (χ1n) is 8.23. The number of benzene rings is 1. The van der Waals surface area contributed by atoms with Gasteiger partial charge in [-0.25, -0.2) is 4.79 Å². The summed E-state index contributed by atoms with van der Waals surface area (Å²) in [5, 5.41) is 5.33. The van der Waals surface area contributed by atoms with E-state index in [4.69, 9.17) is 13.6 Å². The molecule has 0 aliphatic rings. The predicted octanol–water partition coefficient (Wildman–Crippen LogP) is 2.45. The van der Waals surface area contributed by atoms with Crippen molar-refractivity contribution in [1.82, 2.24) is 10.6 Å². The second kappa shape index (κ2) is 8.22. The smallest absolute Gasteiger partial charge is 0.321 e. The van der Waals surface area contributed by atoms with Gasteiger partial charge in [-0.2, -0.15) is 0 Å². The topological polar surface area (TPSA) is 111 Å². The summed E-state index contributed by atoms with van der Waals surface area (Å²) in [5.41, 5.74) is 2.41. The van der Waals surface area contributed by atoms with E-state index in [1.165, 1.54) is 12.5 Å². The highest BCUT2D eigenvalue weighted by Gasteiger charge is 2.14. The van der Waals surface area contributed by atoms with Crippen molar-refractivity contribution in [3.63, 3.8) is 0 Å². The Morgan fingerprint density at radius 1 is 1.15 bits per heavy atom. The number of hydrogen-bond donors (Lipinski definition) is 2. The van der Waals surface area contributed by atoms with Gasteiger partial charge < -0.3 is 18.9 Å². The van der Waals surface area contributed by atoms with Crippen molar-refractivity contribution in [3.05, 3.63) is 59.7 Å². The second-order valence-electron chi connectivity index (χ2n) is 5.91. The van der Waals surface area contributed by atoms with Gasteiger partial charge in [-0.05, 0) is 30.7 Å². The van der Waals surface area contributed by atoms with Crippen LogP contribution in [0.25, 0.3) is 11.0 Å². The number of hydrogen-bond acceptors (Lipinski definition) is 6. The zero-order chi connectivity index (χ0) is 19.2. The summed E-state index contributed by atoms with van der Waals surface area (Å²) in [6, 6.07) is 8.32. The fourth-order valence-corrected chi connectivity index (χ4v) is 2.47. The van der Waals surface area contributed by atoms with Crippen LogP contribution in [0.15, 0.2) is 51.7 Å². The van der Waals surface area contributed by atoms with Crippen LogP contribution in [0.4, 0.5) is 4.79 Å². The Morgan fingerprint density at radius 2 is 2.00 bits per heavy atom. The number of nitrogens with one attached hydrogen (secondary N) is 2. The van der Waals surface area contributed by atoms with Crippen LogP contribution in [0.2, 0.25) is 0 Å². The van der Waals surface area contributed by atoms with Crippen LogP contribution in [0.5, 0.6) is 0 Å². The fourth-order valence-electron chi connectivity index (χ4n) is 2.47. The summed E-state index contributed by atoms with van der Waals surface area (Å²) in [6.45, 7) is 1.53. The monoisotopic (exact) mass is 370 g/mol. The molecule has 8 heteroatoms. The number of imide groups is 1. The van der Waals surface area contributed by atoms with Crippen molar-refractivity contribution < 1.29 is 28.0 Å². The molecule has 0 aliphatic heterocycles. The lowest BCUT2D eigenvalue weighted by atomic mass is 10.1. The Labute approximate surface area is 154 Å². The normalized spacial score (nSPS) is 10.6. The molecule has 0 unspecified atom stereocenters. The lowest BCUT2D eigenvalue weighted by Crippen LogP contribution is -2.41. The van der Waals surface area contributed by atoms with Gasteiger partial charge in [0.15, 0.2) is 6.61 Å². The molecule has 2 aromatic heterocycles. The molecule has 8 nitrogen and oxygen atoms in total. The number of esters is 1. The molecular weight excluding hydrogens is 352 g/mol. The van der Waals surface area contributed by atoms with Crippen molar-refractivity contribution in [2.75, 3.05) is 6.61 Å². The maximum absolute atomic E-state index is 11.9. The van der Waals surface area contributed by atoms with Crippen molar-refractivity contribution >= 4 is 28.9 Å². The maximum atomic E-state index is 11.9. The molecule has 3 amide bonds. The van der Waals surface area contributed by atoms with Gasteiger partial charge in [0.25, 0.3) is 5.91 Å². The molecular formula is C19H18N2O6. The van der Waals surface area contributed by atoms with E-state index in [1.54, 1.807) is 12.1 Å². The quantitative estimate of drug-likeness (QED) is 0.645. The van der Waals surface area contributed by atoms with Gasteiger partial charge in [-0.15, -0.1) is 0 Å². The Hall–Kier alpha value is -3.55. The summed E-state index contributed by atoms with van der Waals surface area (Å²) in [5.74, 6) is -0.774. The standard InChI is InChI=1S/C19H18N2O6/c1-12-4-5-15-13(10-26-16(15)7-12)8-18(23)27-11-17(22)21-19(24)20-9-14-3-2-6-25-14/h2-7,10H,8-9,11H2,1H3,(H2,20,21,22,24). The highest BCUT2D eigenvalue weighted by Crippen LogP contribution is 2.22. The lowest BCUT2D eigenvalue weighted by Gasteiger charge is -2.06. The number of aryl methyl sites for hydroxylation is 1. The van der Waals surface area contributed by atoms with Gasteiger partial charge in [0.05, 0.1) is 25.5 Å². The van der Waals surface area contributed by atoms with Gasteiger partial charge in [0.2, 0.25) is 0 Å². The van der Waals surface area contributed by atoms with Gasteiger partial charge in [0.1, 0.15) is 11.3 Å². The Kier molecular flexibility index (Phi) is 5.55. The molecule has 0 bridgehead atoms. The van der Waals surface area contributed by atoms with Crippen LogP contribution < -0.4 is 10.6 Å². The molecule has 0 radical (unpaired) electrons. The van der Waals surface area contributed by atoms with Crippen molar-refractivity contribution in [2.24, 2.45) is 0 Å². The summed E-state index contributed by atoms with van der Waals surface area (Å²) >= 11 is 0. The number of ether oxygens (including phenoxy) is 1. The minimum absolute atomic E-state index is 0.0337. The third-order valence-electron chi connectivity index (χ3n) is 3.77. The molecule has 0 atom stereocenters. The SMILES string of the molecule is Cc1ccc2c(CC(=O)OCC(=O)NC(=O)NCc3ccco3)coc2c1. The number of fused-ring (bicyclic) bond motifs is 1. The summed E-state index contributed by atoms with van der Waals surface area (Å²) in [7, 11) is 0. The average Bonchev–Trinajstić information content (AvgIpc) is 3.28. The van der Waals surface area contributed by atoms with Crippen LogP contribution in [0.1, 0.15) is 16.9 Å². The van der Waals surface area contributed by atoms with E-state index < -0.39 is 24.5 Å². The molecule has 0 aliphatic carbocycles. The van der Waals surface area contributed by atoms with Crippen LogP contribution in [0, 0.1) is 6.92 Å². The average molecular weight is 370 g/mol. The fraction of sp³-hybridized carbons (Fsp3) is 0.211. The molecule has 3 rings (SSSR count). The third kappa shape index (κ3) is 4.97. The van der Waals surface area contributed by atoms with Gasteiger partial charge >= 0.3 is 12.0 Å². The van der Waals surface area contributed by atoms with Crippen molar-refractivity contribution in [2.45, 2.75) is 19.9 Å². The van der Waals surface area contributed by atoms with Crippen LogP contribution in [-0.2, 0) is 27.3 Å². The predicted molar refractivity (Wildman–Crippen MR) is 94.7 cm³/mol. The van der Waals surface area contributed by atoms with E-state index in [9.17, 15) is 14.4 Å². The molecule has 140 valence electrons. The summed E-state index contributed by atoms with van der Waals surface area (Å²) in [6.07, 6.45) is 2.94. The molecule has 1 aromatic carbocycles. The van der Waals surface area contributed by atoms with E-state index in [1.807, 2.05) is 25.1 Å². The van der Waals surface area contributed by atoms with Crippen LogP contribution >= 0.6 is 0 Å². The minimum Gasteiger partial charge on any atom is -0.467 e. The molecule has 0 saturated carbocycles.